The van der Waals surface area contributed by atoms with E-state index in [1.165, 1.54) is 18.3 Å². The van der Waals surface area contributed by atoms with Gasteiger partial charge < -0.3 is 14.5 Å². The Labute approximate surface area is 178 Å². The van der Waals surface area contributed by atoms with Gasteiger partial charge in [0.1, 0.15) is 12.1 Å². The molecule has 2 amide bonds. The van der Waals surface area contributed by atoms with Gasteiger partial charge in [-0.05, 0) is 62.9 Å². The van der Waals surface area contributed by atoms with Crippen LogP contribution in [-0.4, -0.2) is 59.9 Å². The van der Waals surface area contributed by atoms with Crippen LogP contribution >= 0.6 is 0 Å². The van der Waals surface area contributed by atoms with Crippen LogP contribution in [-0.2, 0) is 19.1 Å². The van der Waals surface area contributed by atoms with Gasteiger partial charge >= 0.3 is 5.97 Å². The summed E-state index contributed by atoms with van der Waals surface area (Å²) in [7, 11) is 1.36. The van der Waals surface area contributed by atoms with Crippen molar-refractivity contribution in [3.8, 4) is 0 Å². The van der Waals surface area contributed by atoms with Crippen LogP contribution in [0.25, 0.3) is 0 Å². The van der Waals surface area contributed by atoms with Gasteiger partial charge in [0.05, 0.1) is 7.11 Å². The van der Waals surface area contributed by atoms with E-state index in [9.17, 15) is 14.4 Å². The van der Waals surface area contributed by atoms with Crippen molar-refractivity contribution in [1.82, 2.24) is 9.80 Å². The molecule has 30 heavy (non-hydrogen) atoms. The molecule has 2 aliphatic carbocycles. The molecule has 2 saturated heterocycles. The highest BCUT2D eigenvalue weighted by Gasteiger charge is 2.42. The first-order valence-electron chi connectivity index (χ1n) is 11.3. The molecule has 0 N–H and O–H groups in total. The van der Waals surface area contributed by atoms with Crippen LogP contribution in [0, 0.1) is 5.92 Å². The van der Waals surface area contributed by atoms with Gasteiger partial charge in [-0.1, -0.05) is 29.9 Å². The number of methoxy groups -OCH3 is 1. The molecular weight excluding hydrogens is 380 g/mol. The summed E-state index contributed by atoms with van der Waals surface area (Å²) in [5.41, 5.74) is 2.89. The summed E-state index contributed by atoms with van der Waals surface area (Å²) in [6.45, 7) is 1.20. The highest BCUT2D eigenvalue weighted by Crippen LogP contribution is 2.36. The van der Waals surface area contributed by atoms with Gasteiger partial charge in [-0.2, -0.15) is 0 Å². The number of ether oxygens (including phenoxy) is 1. The van der Waals surface area contributed by atoms with Crippen LogP contribution in [0.15, 0.2) is 35.5 Å². The lowest BCUT2D eigenvalue weighted by Crippen LogP contribution is -2.51. The molecule has 0 radical (unpaired) electrons. The Morgan fingerprint density at radius 1 is 1.03 bits per heavy atom. The van der Waals surface area contributed by atoms with Crippen LogP contribution in [0.3, 0.4) is 0 Å². The van der Waals surface area contributed by atoms with Crippen molar-refractivity contribution >= 4 is 17.8 Å². The third-order valence-corrected chi connectivity index (χ3v) is 7.06. The molecule has 6 nitrogen and oxygen atoms in total. The normalized spacial score (nSPS) is 28.5. The molecule has 0 aromatic rings. The maximum Gasteiger partial charge on any atom is 0.328 e. The summed E-state index contributed by atoms with van der Waals surface area (Å²) in [5.74, 6) is -0.0106. The van der Waals surface area contributed by atoms with E-state index < -0.39 is 12.1 Å². The number of allylic oxidation sites excluding steroid dienone is 6. The number of hydrogen-bond donors (Lipinski definition) is 0. The lowest BCUT2D eigenvalue weighted by Gasteiger charge is -2.32. The molecule has 2 fully saturated rings. The van der Waals surface area contributed by atoms with Crippen molar-refractivity contribution in [1.29, 1.82) is 0 Å². The summed E-state index contributed by atoms with van der Waals surface area (Å²) < 4.78 is 4.88. The van der Waals surface area contributed by atoms with Gasteiger partial charge in [0.25, 0.3) is 0 Å². The molecule has 162 valence electrons. The largest absolute Gasteiger partial charge is 0.467 e. The zero-order valence-electron chi connectivity index (χ0n) is 17.8. The van der Waals surface area contributed by atoms with Crippen molar-refractivity contribution in [2.24, 2.45) is 5.92 Å². The molecule has 4 aliphatic rings. The molecule has 2 aliphatic heterocycles. The third kappa shape index (κ3) is 4.23. The number of esters is 1. The second kappa shape index (κ2) is 9.19. The van der Waals surface area contributed by atoms with Crippen LogP contribution < -0.4 is 0 Å². The second-order valence-electron chi connectivity index (χ2n) is 8.89. The predicted molar refractivity (Wildman–Crippen MR) is 113 cm³/mol. The van der Waals surface area contributed by atoms with Crippen LogP contribution in [0.2, 0.25) is 0 Å². The number of nitrogens with zero attached hydrogens (tertiary/aromatic N) is 2. The zero-order valence-corrected chi connectivity index (χ0v) is 17.8. The molecule has 0 spiro atoms. The van der Waals surface area contributed by atoms with Crippen molar-refractivity contribution < 1.29 is 19.1 Å². The van der Waals surface area contributed by atoms with Crippen molar-refractivity contribution in [2.75, 3.05) is 20.2 Å². The number of rotatable bonds is 4. The molecule has 3 atom stereocenters. The number of amides is 2. The zero-order chi connectivity index (χ0) is 21.1. The first-order chi connectivity index (χ1) is 14.6. The summed E-state index contributed by atoms with van der Waals surface area (Å²) in [4.78, 5) is 41.8. The van der Waals surface area contributed by atoms with E-state index in [1.54, 1.807) is 9.80 Å². The van der Waals surface area contributed by atoms with E-state index >= 15 is 0 Å². The van der Waals surface area contributed by atoms with Crippen molar-refractivity contribution in [3.63, 3.8) is 0 Å². The Balaban J connectivity index is 1.39. The first-order valence-corrected chi connectivity index (χ1v) is 11.3. The molecule has 6 heteroatoms. The molecule has 0 bridgehead atoms. The Morgan fingerprint density at radius 2 is 1.80 bits per heavy atom. The van der Waals surface area contributed by atoms with E-state index in [0.29, 0.717) is 38.3 Å². The highest BCUT2D eigenvalue weighted by molar-refractivity contribution is 5.91. The Bertz CT molecular complexity index is 797. The van der Waals surface area contributed by atoms with Gasteiger partial charge in [0, 0.05) is 19.5 Å². The highest BCUT2D eigenvalue weighted by atomic mass is 16.5. The maximum atomic E-state index is 13.2. The minimum absolute atomic E-state index is 0.0832. The molecular formula is C24H32N2O4. The Hall–Kier alpha value is -2.37. The summed E-state index contributed by atoms with van der Waals surface area (Å²) >= 11 is 0. The molecule has 4 rings (SSSR count). The Morgan fingerprint density at radius 3 is 2.60 bits per heavy atom. The predicted octanol–water partition coefficient (Wildman–Crippen LogP) is 3.14. The Kier molecular flexibility index (Phi) is 6.40. The minimum atomic E-state index is -0.501. The van der Waals surface area contributed by atoms with E-state index in [0.717, 1.165) is 38.5 Å². The van der Waals surface area contributed by atoms with E-state index in [4.69, 9.17) is 4.74 Å². The molecule has 0 aromatic heterocycles. The van der Waals surface area contributed by atoms with Gasteiger partial charge in [-0.25, -0.2) is 4.79 Å². The van der Waals surface area contributed by atoms with E-state index in [2.05, 4.69) is 24.3 Å². The average Bonchev–Trinajstić information content (AvgIpc) is 3.38. The topological polar surface area (TPSA) is 66.9 Å². The molecule has 1 unspecified atom stereocenters. The maximum absolute atomic E-state index is 13.2. The van der Waals surface area contributed by atoms with E-state index in [-0.39, 0.29) is 17.8 Å². The lowest BCUT2D eigenvalue weighted by atomic mass is 9.81. The van der Waals surface area contributed by atoms with E-state index in [1.807, 2.05) is 0 Å². The summed E-state index contributed by atoms with van der Waals surface area (Å²) in [6.07, 6.45) is 16.1. The summed E-state index contributed by atoms with van der Waals surface area (Å²) in [5, 5.41) is 0. The van der Waals surface area contributed by atoms with Gasteiger partial charge in [-0.15, -0.1) is 0 Å². The molecule has 0 saturated carbocycles. The van der Waals surface area contributed by atoms with Crippen LogP contribution in [0.1, 0.15) is 57.8 Å². The fourth-order valence-electron chi connectivity index (χ4n) is 5.44. The first kappa shape index (κ1) is 20.9. The van der Waals surface area contributed by atoms with Gasteiger partial charge in [-0.3, -0.25) is 9.59 Å². The van der Waals surface area contributed by atoms with Crippen LogP contribution in [0.4, 0.5) is 0 Å². The fourth-order valence-corrected chi connectivity index (χ4v) is 5.44. The third-order valence-electron chi connectivity index (χ3n) is 7.06. The molecule has 2 heterocycles. The number of carbonyl (C=O) groups excluding carboxylic acids is 3. The fraction of sp³-hybridized carbons (Fsp3) is 0.625. The van der Waals surface area contributed by atoms with Gasteiger partial charge in [0.2, 0.25) is 11.8 Å². The second-order valence-corrected chi connectivity index (χ2v) is 8.89. The van der Waals surface area contributed by atoms with Crippen LogP contribution in [0.5, 0.6) is 0 Å². The molecule has 0 aromatic carbocycles. The monoisotopic (exact) mass is 412 g/mol. The van der Waals surface area contributed by atoms with Crippen molar-refractivity contribution in [2.45, 2.75) is 69.9 Å². The average molecular weight is 413 g/mol. The standard InChI is InChI=1S/C24H32N2O4/c1-30-24(29)21-10-6-14-26(21)23(28)20-9-5-13-25(20)22(27)16-17-11-12-18-7-3-2-4-8-19(18)15-17/h2-4,8,17,20-21H,5-7,9-16H2,1H3/t17?,20-,21-/m0/s1. The quantitative estimate of drug-likeness (QED) is 0.666. The minimum Gasteiger partial charge on any atom is -0.467 e. The van der Waals surface area contributed by atoms with Gasteiger partial charge in [0.15, 0.2) is 0 Å². The SMILES string of the molecule is COC(=O)[C@@H]1CCCN1C(=O)[C@@H]1CCCN1C(=O)CC1CCC2=C(C=CC=CC2)C1. The smallest absolute Gasteiger partial charge is 0.328 e. The number of likely N-dealkylation sites (tertiary alicyclic amines) is 2. The lowest BCUT2D eigenvalue weighted by molar-refractivity contribution is -0.153. The van der Waals surface area contributed by atoms with Crippen molar-refractivity contribution in [3.05, 3.63) is 35.5 Å². The number of carbonyl (C=O) groups is 3. The number of hydrogen-bond acceptors (Lipinski definition) is 4. The summed E-state index contributed by atoms with van der Waals surface area (Å²) in [6, 6.07) is -0.928.